The molecule has 0 saturated carbocycles. The summed E-state index contributed by atoms with van der Waals surface area (Å²) >= 11 is 1.68. The number of hydrogen-bond donors (Lipinski definition) is 2. The lowest BCUT2D eigenvalue weighted by Crippen LogP contribution is -2.26. The molecule has 1 saturated heterocycles. The normalized spacial score (nSPS) is 19.3. The van der Waals surface area contributed by atoms with E-state index in [0.29, 0.717) is 12.3 Å². The van der Waals surface area contributed by atoms with Crippen LogP contribution in [0, 0.1) is 18.3 Å². The van der Waals surface area contributed by atoms with Crippen molar-refractivity contribution in [2.24, 2.45) is 5.92 Å². The Morgan fingerprint density at radius 3 is 3.19 bits per heavy atom. The van der Waals surface area contributed by atoms with Crippen LogP contribution in [0.15, 0.2) is 0 Å². The Morgan fingerprint density at radius 1 is 1.62 bits per heavy atom. The molecule has 1 amide bonds. The van der Waals surface area contributed by atoms with Gasteiger partial charge in [-0.15, -0.1) is 18.2 Å². The second-order valence-corrected chi connectivity index (χ2v) is 5.11. The van der Waals surface area contributed by atoms with Crippen LogP contribution in [0.5, 0.6) is 0 Å². The first-order chi connectivity index (χ1) is 7.83. The molecular formula is C12H20N2OS. The predicted molar refractivity (Wildman–Crippen MR) is 69.4 cm³/mol. The molecule has 3 nitrogen and oxygen atoms in total. The van der Waals surface area contributed by atoms with Gasteiger partial charge in [0.25, 0.3) is 0 Å². The summed E-state index contributed by atoms with van der Waals surface area (Å²) in [5, 5.41) is 6.23. The Kier molecular flexibility index (Phi) is 7.11. The number of rotatable bonds is 7. The van der Waals surface area contributed by atoms with Crippen LogP contribution in [0.1, 0.15) is 19.3 Å². The van der Waals surface area contributed by atoms with Crippen LogP contribution in [-0.2, 0) is 4.79 Å². The van der Waals surface area contributed by atoms with Crippen molar-refractivity contribution < 1.29 is 4.79 Å². The summed E-state index contributed by atoms with van der Waals surface area (Å²) in [6.07, 6.45) is 8.01. The first-order valence-corrected chi connectivity index (χ1v) is 6.97. The molecule has 0 bridgehead atoms. The van der Waals surface area contributed by atoms with Gasteiger partial charge in [0.2, 0.25) is 5.91 Å². The Bertz CT molecular complexity index is 244. The molecule has 0 radical (unpaired) electrons. The molecule has 1 atom stereocenters. The highest BCUT2D eigenvalue weighted by Crippen LogP contribution is 2.13. The van der Waals surface area contributed by atoms with Crippen molar-refractivity contribution in [3.63, 3.8) is 0 Å². The first-order valence-electron chi connectivity index (χ1n) is 5.81. The lowest BCUT2D eigenvalue weighted by molar-refractivity contribution is -0.121. The van der Waals surface area contributed by atoms with E-state index in [0.717, 1.165) is 37.6 Å². The Hall–Kier alpha value is -0.660. The van der Waals surface area contributed by atoms with Gasteiger partial charge in [0.05, 0.1) is 5.75 Å². The number of nitrogens with one attached hydrogen (secondary N) is 2. The fourth-order valence-corrected chi connectivity index (χ4v) is 2.29. The molecule has 1 aliphatic heterocycles. The fourth-order valence-electron chi connectivity index (χ4n) is 1.78. The Labute approximate surface area is 102 Å². The minimum absolute atomic E-state index is 0.174. The summed E-state index contributed by atoms with van der Waals surface area (Å²) in [5.74, 6) is 5.06. The highest BCUT2D eigenvalue weighted by atomic mass is 32.2. The van der Waals surface area contributed by atoms with Crippen LogP contribution < -0.4 is 10.6 Å². The topological polar surface area (TPSA) is 41.1 Å². The van der Waals surface area contributed by atoms with Crippen LogP contribution in [0.25, 0.3) is 0 Å². The monoisotopic (exact) mass is 240 g/mol. The zero-order chi connectivity index (χ0) is 11.6. The van der Waals surface area contributed by atoms with Crippen LogP contribution in [0.3, 0.4) is 0 Å². The molecule has 1 fully saturated rings. The molecule has 16 heavy (non-hydrogen) atoms. The number of terminal acetylenes is 1. The van der Waals surface area contributed by atoms with Crippen molar-refractivity contribution in [3.05, 3.63) is 0 Å². The van der Waals surface area contributed by atoms with Crippen LogP contribution in [0.2, 0.25) is 0 Å². The van der Waals surface area contributed by atoms with Gasteiger partial charge in [-0.3, -0.25) is 4.79 Å². The van der Waals surface area contributed by atoms with E-state index < -0.39 is 0 Å². The third-order valence-corrected chi connectivity index (χ3v) is 3.56. The van der Waals surface area contributed by atoms with E-state index in [1.165, 1.54) is 6.42 Å². The maximum Gasteiger partial charge on any atom is 0.220 e. The van der Waals surface area contributed by atoms with Gasteiger partial charge in [-0.25, -0.2) is 0 Å². The lowest BCUT2D eigenvalue weighted by Gasteiger charge is -2.08. The van der Waals surface area contributed by atoms with E-state index in [-0.39, 0.29) is 5.91 Å². The van der Waals surface area contributed by atoms with Crippen LogP contribution >= 0.6 is 11.8 Å². The van der Waals surface area contributed by atoms with E-state index in [9.17, 15) is 4.79 Å². The summed E-state index contributed by atoms with van der Waals surface area (Å²) in [4.78, 5) is 11.5. The van der Waals surface area contributed by atoms with Gasteiger partial charge < -0.3 is 10.6 Å². The molecule has 0 aromatic heterocycles. The van der Waals surface area contributed by atoms with Gasteiger partial charge in [-0.1, -0.05) is 5.92 Å². The summed E-state index contributed by atoms with van der Waals surface area (Å²) < 4.78 is 0. The second-order valence-electron chi connectivity index (χ2n) is 4.00. The van der Waals surface area contributed by atoms with E-state index in [4.69, 9.17) is 6.42 Å². The van der Waals surface area contributed by atoms with Gasteiger partial charge in [0, 0.05) is 18.7 Å². The number of thioether (sulfide) groups is 1. The molecule has 90 valence electrons. The van der Waals surface area contributed by atoms with Crippen molar-refractivity contribution in [2.75, 3.05) is 31.1 Å². The van der Waals surface area contributed by atoms with Crippen molar-refractivity contribution in [1.29, 1.82) is 0 Å². The molecular weight excluding hydrogens is 220 g/mol. The maximum absolute atomic E-state index is 11.5. The number of hydrogen-bond acceptors (Lipinski definition) is 3. The van der Waals surface area contributed by atoms with Crippen LogP contribution in [0.4, 0.5) is 0 Å². The standard InChI is InChI=1S/C12H20N2OS/c1-2-8-16-9-7-14-12(15)4-3-11-5-6-13-10-11/h1,11,13H,3-10H2,(H,14,15). The molecule has 1 rings (SSSR count). The Morgan fingerprint density at radius 2 is 2.50 bits per heavy atom. The number of carbonyl (C=O) groups is 1. The first kappa shape index (κ1) is 13.4. The van der Waals surface area contributed by atoms with Crippen molar-refractivity contribution in [3.8, 4) is 12.3 Å². The Balaban J connectivity index is 1.92. The van der Waals surface area contributed by atoms with Gasteiger partial charge in [0.15, 0.2) is 0 Å². The van der Waals surface area contributed by atoms with E-state index in [2.05, 4.69) is 16.6 Å². The fraction of sp³-hybridized carbons (Fsp3) is 0.750. The minimum atomic E-state index is 0.174. The van der Waals surface area contributed by atoms with E-state index in [1.807, 2.05) is 0 Å². The number of amides is 1. The zero-order valence-electron chi connectivity index (χ0n) is 9.63. The third kappa shape index (κ3) is 6.04. The summed E-state index contributed by atoms with van der Waals surface area (Å²) in [6, 6.07) is 0. The van der Waals surface area contributed by atoms with Crippen molar-refractivity contribution in [2.45, 2.75) is 19.3 Å². The molecule has 4 heteroatoms. The highest BCUT2D eigenvalue weighted by Gasteiger charge is 2.15. The largest absolute Gasteiger partial charge is 0.355 e. The summed E-state index contributed by atoms with van der Waals surface area (Å²) in [5.41, 5.74) is 0. The quantitative estimate of drug-likeness (QED) is 0.512. The highest BCUT2D eigenvalue weighted by molar-refractivity contribution is 7.99. The molecule has 1 aliphatic rings. The van der Waals surface area contributed by atoms with E-state index in [1.54, 1.807) is 11.8 Å². The maximum atomic E-state index is 11.5. The third-order valence-electron chi connectivity index (χ3n) is 2.70. The smallest absolute Gasteiger partial charge is 0.220 e. The molecule has 0 aromatic carbocycles. The summed E-state index contributed by atoms with van der Waals surface area (Å²) in [6.45, 7) is 2.91. The molecule has 0 aliphatic carbocycles. The molecule has 0 aromatic rings. The van der Waals surface area contributed by atoms with Gasteiger partial charge in [-0.05, 0) is 31.8 Å². The zero-order valence-corrected chi connectivity index (χ0v) is 10.4. The number of carbonyl (C=O) groups excluding carboxylic acids is 1. The average Bonchev–Trinajstić information content (AvgIpc) is 2.79. The predicted octanol–water partition coefficient (Wildman–Crippen LogP) is 0.859. The lowest BCUT2D eigenvalue weighted by atomic mass is 10.0. The minimum Gasteiger partial charge on any atom is -0.355 e. The van der Waals surface area contributed by atoms with Crippen molar-refractivity contribution >= 4 is 17.7 Å². The molecule has 2 N–H and O–H groups in total. The molecule has 0 spiro atoms. The second kappa shape index (κ2) is 8.49. The SMILES string of the molecule is C#CCSCCNC(=O)CCC1CCNC1. The van der Waals surface area contributed by atoms with Crippen LogP contribution in [-0.4, -0.2) is 37.0 Å². The molecule has 1 heterocycles. The van der Waals surface area contributed by atoms with E-state index >= 15 is 0 Å². The van der Waals surface area contributed by atoms with Crippen molar-refractivity contribution in [1.82, 2.24) is 10.6 Å². The van der Waals surface area contributed by atoms with Gasteiger partial charge >= 0.3 is 0 Å². The summed E-state index contributed by atoms with van der Waals surface area (Å²) in [7, 11) is 0. The molecule has 1 unspecified atom stereocenters. The average molecular weight is 240 g/mol. The van der Waals surface area contributed by atoms with Gasteiger partial charge in [-0.2, -0.15) is 0 Å². The van der Waals surface area contributed by atoms with Gasteiger partial charge in [0.1, 0.15) is 0 Å².